The normalized spacial score (nSPS) is 18.7. The smallest absolute Gasteiger partial charge is 0.228 e. The van der Waals surface area contributed by atoms with Crippen LogP contribution in [0.15, 0.2) is 12.1 Å². The van der Waals surface area contributed by atoms with E-state index in [1.165, 1.54) is 0 Å². The molecular formula is C15H16Cl3N3O. The van der Waals surface area contributed by atoms with Crippen LogP contribution < -0.4 is 5.32 Å². The van der Waals surface area contributed by atoms with Crippen molar-refractivity contribution in [3.63, 3.8) is 0 Å². The van der Waals surface area contributed by atoms with Gasteiger partial charge in [-0.05, 0) is 31.5 Å². The number of likely N-dealkylation sites (tertiary alicyclic amines) is 1. The van der Waals surface area contributed by atoms with Gasteiger partial charge < -0.3 is 10.2 Å². The number of rotatable bonds is 4. The van der Waals surface area contributed by atoms with Gasteiger partial charge in [0.15, 0.2) is 0 Å². The predicted molar refractivity (Wildman–Crippen MR) is 89.5 cm³/mol. The van der Waals surface area contributed by atoms with Crippen molar-refractivity contribution in [1.82, 2.24) is 4.90 Å². The molecule has 1 fully saturated rings. The molecule has 0 saturated carbocycles. The van der Waals surface area contributed by atoms with E-state index in [-0.39, 0.29) is 11.8 Å². The van der Waals surface area contributed by atoms with Crippen molar-refractivity contribution in [3.05, 3.63) is 27.2 Å². The zero-order valence-corrected chi connectivity index (χ0v) is 14.2. The summed E-state index contributed by atoms with van der Waals surface area (Å²) in [6.07, 6.45) is 2.23. The van der Waals surface area contributed by atoms with Crippen LogP contribution in [0, 0.1) is 17.2 Å². The summed E-state index contributed by atoms with van der Waals surface area (Å²) in [4.78, 5) is 14.6. The summed E-state index contributed by atoms with van der Waals surface area (Å²) < 4.78 is 0. The molecule has 1 aliphatic rings. The van der Waals surface area contributed by atoms with Crippen LogP contribution in [0.2, 0.25) is 15.1 Å². The molecule has 1 N–H and O–H groups in total. The second kappa shape index (κ2) is 8.03. The molecular weight excluding hydrogens is 345 g/mol. The van der Waals surface area contributed by atoms with Crippen LogP contribution in [0.4, 0.5) is 5.69 Å². The first-order chi connectivity index (χ1) is 10.5. The van der Waals surface area contributed by atoms with Crippen LogP contribution in [0.25, 0.3) is 0 Å². The van der Waals surface area contributed by atoms with Crippen LogP contribution in [-0.4, -0.2) is 30.4 Å². The maximum atomic E-state index is 12.4. The molecule has 0 bridgehead atoms. The molecule has 1 amide bonds. The van der Waals surface area contributed by atoms with E-state index in [1.807, 2.05) is 0 Å². The quantitative estimate of drug-likeness (QED) is 0.875. The average Bonchev–Trinajstić information content (AvgIpc) is 2.49. The number of hydrogen-bond acceptors (Lipinski definition) is 3. The fourth-order valence-corrected chi connectivity index (χ4v) is 3.48. The number of nitrogens with zero attached hydrogens (tertiary/aromatic N) is 2. The third-order valence-corrected chi connectivity index (χ3v) is 4.49. The molecule has 7 heteroatoms. The second-order valence-corrected chi connectivity index (χ2v) is 6.53. The van der Waals surface area contributed by atoms with E-state index in [4.69, 9.17) is 40.1 Å². The Balaban J connectivity index is 2.02. The van der Waals surface area contributed by atoms with Gasteiger partial charge in [0.05, 0.1) is 27.7 Å². The van der Waals surface area contributed by atoms with Crippen molar-refractivity contribution in [2.24, 2.45) is 5.92 Å². The third-order valence-electron chi connectivity index (χ3n) is 3.67. The molecule has 1 unspecified atom stereocenters. The Kier molecular flexibility index (Phi) is 6.34. The Morgan fingerprint density at radius 3 is 2.68 bits per heavy atom. The lowest BCUT2D eigenvalue weighted by molar-refractivity contribution is -0.121. The summed E-state index contributed by atoms with van der Waals surface area (Å²) in [5, 5.41) is 12.5. The van der Waals surface area contributed by atoms with Crippen LogP contribution >= 0.6 is 34.8 Å². The van der Waals surface area contributed by atoms with Gasteiger partial charge in [0, 0.05) is 24.5 Å². The number of benzene rings is 1. The summed E-state index contributed by atoms with van der Waals surface area (Å²) in [7, 11) is 0. The highest BCUT2D eigenvalue weighted by atomic mass is 35.5. The van der Waals surface area contributed by atoms with Gasteiger partial charge in [0.25, 0.3) is 0 Å². The molecule has 2 rings (SSSR count). The molecule has 0 aliphatic carbocycles. The first kappa shape index (κ1) is 17.4. The lowest BCUT2D eigenvalue weighted by Crippen LogP contribution is -2.41. The van der Waals surface area contributed by atoms with Gasteiger partial charge in [0.2, 0.25) is 5.91 Å². The Hall–Kier alpha value is -0.990. The maximum absolute atomic E-state index is 12.4. The number of anilines is 1. The summed E-state index contributed by atoms with van der Waals surface area (Å²) in [5.74, 6) is -0.233. The van der Waals surface area contributed by atoms with E-state index in [1.54, 1.807) is 12.1 Å². The number of amides is 1. The number of carbonyl (C=O) groups excluding carboxylic acids is 1. The highest BCUT2D eigenvalue weighted by Crippen LogP contribution is 2.34. The minimum absolute atomic E-state index is 0.104. The zero-order chi connectivity index (χ0) is 16.1. The minimum Gasteiger partial charge on any atom is -0.323 e. The van der Waals surface area contributed by atoms with E-state index in [0.29, 0.717) is 40.3 Å². The van der Waals surface area contributed by atoms with Crippen molar-refractivity contribution in [1.29, 1.82) is 5.26 Å². The van der Waals surface area contributed by atoms with Gasteiger partial charge in [-0.25, -0.2) is 0 Å². The van der Waals surface area contributed by atoms with Crippen molar-refractivity contribution >= 4 is 46.4 Å². The number of nitrogens with one attached hydrogen (secondary N) is 1. The SMILES string of the molecule is N#CCCN1CCCC(C(=O)Nc2c(Cl)cc(Cl)cc2Cl)C1. The molecule has 4 nitrogen and oxygen atoms in total. The van der Waals surface area contributed by atoms with E-state index in [2.05, 4.69) is 16.3 Å². The highest BCUT2D eigenvalue weighted by Gasteiger charge is 2.26. The lowest BCUT2D eigenvalue weighted by atomic mass is 9.97. The molecule has 1 atom stereocenters. The molecule has 1 aromatic rings. The largest absolute Gasteiger partial charge is 0.323 e. The first-order valence-corrected chi connectivity index (χ1v) is 8.19. The van der Waals surface area contributed by atoms with Gasteiger partial charge in [-0.3, -0.25) is 4.79 Å². The highest BCUT2D eigenvalue weighted by molar-refractivity contribution is 6.42. The Bertz CT molecular complexity index is 577. The first-order valence-electron chi connectivity index (χ1n) is 7.06. The molecule has 22 heavy (non-hydrogen) atoms. The Labute approximate surface area is 144 Å². The number of nitriles is 1. The topological polar surface area (TPSA) is 56.1 Å². The third kappa shape index (κ3) is 4.50. The predicted octanol–water partition coefficient (Wildman–Crippen LogP) is 4.21. The summed E-state index contributed by atoms with van der Waals surface area (Å²) in [6.45, 7) is 2.27. The summed E-state index contributed by atoms with van der Waals surface area (Å²) >= 11 is 18.0. The van der Waals surface area contributed by atoms with Gasteiger partial charge >= 0.3 is 0 Å². The van der Waals surface area contributed by atoms with E-state index < -0.39 is 0 Å². The molecule has 1 heterocycles. The molecule has 0 spiro atoms. The van der Waals surface area contributed by atoms with Crippen LogP contribution in [0.5, 0.6) is 0 Å². The van der Waals surface area contributed by atoms with Crippen molar-refractivity contribution in [2.75, 3.05) is 25.0 Å². The average molecular weight is 361 g/mol. The molecule has 1 aliphatic heterocycles. The Morgan fingerprint density at radius 1 is 1.36 bits per heavy atom. The monoisotopic (exact) mass is 359 g/mol. The fourth-order valence-electron chi connectivity index (χ4n) is 2.57. The molecule has 0 aromatic heterocycles. The van der Waals surface area contributed by atoms with Crippen LogP contribution in [-0.2, 0) is 4.79 Å². The molecule has 118 valence electrons. The Morgan fingerprint density at radius 2 is 2.05 bits per heavy atom. The van der Waals surface area contributed by atoms with Gasteiger partial charge in [-0.15, -0.1) is 0 Å². The summed E-state index contributed by atoms with van der Waals surface area (Å²) in [5.41, 5.74) is 0.395. The van der Waals surface area contributed by atoms with E-state index in [9.17, 15) is 4.79 Å². The summed E-state index contributed by atoms with van der Waals surface area (Å²) in [6, 6.07) is 5.22. The lowest BCUT2D eigenvalue weighted by Gasteiger charge is -2.31. The number of piperidine rings is 1. The molecule has 1 aromatic carbocycles. The number of halogens is 3. The van der Waals surface area contributed by atoms with Gasteiger partial charge in [-0.2, -0.15) is 5.26 Å². The number of hydrogen-bond donors (Lipinski definition) is 1. The molecule has 0 radical (unpaired) electrons. The van der Waals surface area contributed by atoms with Crippen molar-refractivity contribution in [2.45, 2.75) is 19.3 Å². The van der Waals surface area contributed by atoms with Crippen LogP contribution in [0.1, 0.15) is 19.3 Å². The maximum Gasteiger partial charge on any atom is 0.228 e. The minimum atomic E-state index is -0.129. The van der Waals surface area contributed by atoms with E-state index in [0.717, 1.165) is 19.4 Å². The molecule has 1 saturated heterocycles. The second-order valence-electron chi connectivity index (χ2n) is 5.28. The fraction of sp³-hybridized carbons (Fsp3) is 0.467. The number of carbonyl (C=O) groups is 1. The van der Waals surface area contributed by atoms with Gasteiger partial charge in [-0.1, -0.05) is 34.8 Å². The van der Waals surface area contributed by atoms with E-state index >= 15 is 0 Å². The van der Waals surface area contributed by atoms with Gasteiger partial charge in [0.1, 0.15) is 0 Å². The van der Waals surface area contributed by atoms with Crippen molar-refractivity contribution in [3.8, 4) is 6.07 Å². The van der Waals surface area contributed by atoms with Crippen molar-refractivity contribution < 1.29 is 4.79 Å². The zero-order valence-electron chi connectivity index (χ0n) is 11.9. The standard InChI is InChI=1S/C15H16Cl3N3O/c16-11-7-12(17)14(13(18)8-11)20-15(22)10-3-1-5-21(9-10)6-2-4-19/h7-8,10H,1-3,5-6,9H2,(H,20,22). The van der Waals surface area contributed by atoms with Crippen LogP contribution in [0.3, 0.4) is 0 Å².